The minimum absolute atomic E-state index is 0. The third-order valence-corrected chi connectivity index (χ3v) is 4.32. The molecule has 7 heteroatoms. The molecule has 2 heterocycles. The summed E-state index contributed by atoms with van der Waals surface area (Å²) in [7, 11) is 1.79. The number of nitrogens with zero attached hydrogens (tertiary/aromatic N) is 3. The van der Waals surface area contributed by atoms with Crippen LogP contribution in [0.5, 0.6) is 0 Å². The molecule has 1 fully saturated rings. The molecule has 1 aliphatic heterocycles. The van der Waals surface area contributed by atoms with Gasteiger partial charge in [-0.3, -0.25) is 4.99 Å². The fourth-order valence-electron chi connectivity index (χ4n) is 2.84. The van der Waals surface area contributed by atoms with Crippen LogP contribution in [0.25, 0.3) is 5.69 Å². The Bertz CT molecular complexity index is 663. The molecule has 0 saturated carbocycles. The number of hydrogen-bond donors (Lipinski definition) is 2. The Morgan fingerprint density at radius 3 is 2.72 bits per heavy atom. The highest BCUT2D eigenvalue weighted by Gasteiger charge is 2.29. The monoisotopic (exact) mass is 455 g/mol. The molecular formula is C18H26IN5O. The maximum absolute atomic E-state index is 5.79. The van der Waals surface area contributed by atoms with E-state index in [-0.39, 0.29) is 29.6 Å². The summed E-state index contributed by atoms with van der Waals surface area (Å²) in [5, 5.41) is 10.9. The maximum Gasteiger partial charge on any atom is 0.191 e. The summed E-state index contributed by atoms with van der Waals surface area (Å²) >= 11 is 0. The number of benzene rings is 1. The van der Waals surface area contributed by atoms with Gasteiger partial charge in [-0.05, 0) is 43.5 Å². The van der Waals surface area contributed by atoms with Gasteiger partial charge in [0.25, 0.3) is 0 Å². The average Bonchev–Trinajstić information content (AvgIpc) is 3.28. The first-order chi connectivity index (χ1) is 11.7. The van der Waals surface area contributed by atoms with Gasteiger partial charge in [0.2, 0.25) is 0 Å². The quantitative estimate of drug-likeness (QED) is 0.414. The molecule has 2 N–H and O–H groups in total. The Morgan fingerprint density at radius 1 is 1.32 bits per heavy atom. The lowest BCUT2D eigenvalue weighted by molar-refractivity contribution is 0.0243. The van der Waals surface area contributed by atoms with E-state index in [4.69, 9.17) is 4.74 Å². The average molecular weight is 455 g/mol. The largest absolute Gasteiger partial charge is 0.373 e. The molecule has 3 rings (SSSR count). The van der Waals surface area contributed by atoms with Gasteiger partial charge < -0.3 is 15.4 Å². The van der Waals surface area contributed by atoms with E-state index in [2.05, 4.69) is 51.9 Å². The van der Waals surface area contributed by atoms with Gasteiger partial charge in [0.1, 0.15) is 0 Å². The van der Waals surface area contributed by atoms with Gasteiger partial charge in [0, 0.05) is 39.1 Å². The molecule has 0 aliphatic carbocycles. The van der Waals surface area contributed by atoms with E-state index < -0.39 is 0 Å². The zero-order chi connectivity index (χ0) is 16.8. The van der Waals surface area contributed by atoms with Crippen LogP contribution >= 0.6 is 24.0 Å². The number of hydrogen-bond acceptors (Lipinski definition) is 3. The molecular weight excluding hydrogens is 429 g/mol. The second-order valence-corrected chi connectivity index (χ2v) is 6.30. The minimum atomic E-state index is -0.0803. The fraction of sp³-hybridized carbons (Fsp3) is 0.444. The van der Waals surface area contributed by atoms with Crippen molar-refractivity contribution in [2.75, 3.05) is 20.2 Å². The second kappa shape index (κ2) is 9.19. The first kappa shape index (κ1) is 19.7. The molecule has 0 bridgehead atoms. The van der Waals surface area contributed by atoms with Crippen LogP contribution in [0.4, 0.5) is 0 Å². The van der Waals surface area contributed by atoms with Crippen molar-refractivity contribution < 1.29 is 4.74 Å². The van der Waals surface area contributed by atoms with Crippen LogP contribution < -0.4 is 10.6 Å². The van der Waals surface area contributed by atoms with Gasteiger partial charge in [0.05, 0.1) is 11.3 Å². The molecule has 6 nitrogen and oxygen atoms in total. The Labute approximate surface area is 166 Å². The fourth-order valence-corrected chi connectivity index (χ4v) is 2.84. The van der Waals surface area contributed by atoms with Crippen molar-refractivity contribution in [2.24, 2.45) is 4.99 Å². The van der Waals surface area contributed by atoms with Crippen molar-refractivity contribution in [1.29, 1.82) is 0 Å². The summed E-state index contributed by atoms with van der Waals surface area (Å²) in [6.07, 6.45) is 5.93. The van der Waals surface area contributed by atoms with E-state index in [1.54, 1.807) is 13.2 Å². The van der Waals surface area contributed by atoms with Crippen molar-refractivity contribution in [1.82, 2.24) is 20.4 Å². The first-order valence-corrected chi connectivity index (χ1v) is 8.36. The molecule has 1 aromatic carbocycles. The highest BCUT2D eigenvalue weighted by Crippen LogP contribution is 2.23. The van der Waals surface area contributed by atoms with Gasteiger partial charge in [-0.25, -0.2) is 4.68 Å². The zero-order valence-electron chi connectivity index (χ0n) is 14.7. The van der Waals surface area contributed by atoms with Crippen molar-refractivity contribution in [2.45, 2.75) is 31.9 Å². The lowest BCUT2D eigenvalue weighted by Gasteiger charge is -2.24. The molecule has 1 unspecified atom stereocenters. The lowest BCUT2D eigenvalue weighted by Crippen LogP contribution is -2.45. The van der Waals surface area contributed by atoms with Crippen LogP contribution in [0.2, 0.25) is 0 Å². The summed E-state index contributed by atoms with van der Waals surface area (Å²) in [5.41, 5.74) is 2.16. The highest BCUT2D eigenvalue weighted by atomic mass is 127. The van der Waals surface area contributed by atoms with Gasteiger partial charge in [-0.2, -0.15) is 5.10 Å². The smallest absolute Gasteiger partial charge is 0.191 e. The van der Waals surface area contributed by atoms with Crippen molar-refractivity contribution in [3.05, 3.63) is 48.3 Å². The SMILES string of the molecule is CN=C(NCc1ccc(-n2cccn2)cc1)NCC1(C)CCCO1.I. The normalized spacial score (nSPS) is 20.2. The van der Waals surface area contributed by atoms with E-state index in [1.165, 1.54) is 5.56 Å². The molecule has 1 aliphatic rings. The van der Waals surface area contributed by atoms with Crippen molar-refractivity contribution in [3.63, 3.8) is 0 Å². The van der Waals surface area contributed by atoms with Crippen LogP contribution in [-0.2, 0) is 11.3 Å². The Kier molecular flexibility index (Phi) is 7.24. The van der Waals surface area contributed by atoms with Crippen LogP contribution in [-0.4, -0.2) is 41.5 Å². The predicted octanol–water partition coefficient (Wildman–Crippen LogP) is 2.72. The number of nitrogens with one attached hydrogen (secondary N) is 2. The van der Waals surface area contributed by atoms with Gasteiger partial charge in [-0.15, -0.1) is 24.0 Å². The van der Waals surface area contributed by atoms with Crippen LogP contribution in [0, 0.1) is 0 Å². The van der Waals surface area contributed by atoms with Gasteiger partial charge >= 0.3 is 0 Å². The second-order valence-electron chi connectivity index (χ2n) is 6.30. The summed E-state index contributed by atoms with van der Waals surface area (Å²) in [6.45, 7) is 4.49. The standard InChI is InChI=1S/C18H25N5O.HI/c1-18(9-3-12-24-18)14-21-17(19-2)20-13-15-5-7-16(8-6-15)23-11-4-10-22-23;/h4-8,10-11H,3,9,12-14H2,1-2H3,(H2,19,20,21);1H. The third kappa shape index (κ3) is 5.43. The summed E-state index contributed by atoms with van der Waals surface area (Å²) in [4.78, 5) is 4.28. The van der Waals surface area contributed by atoms with Gasteiger partial charge in [-0.1, -0.05) is 12.1 Å². The molecule has 25 heavy (non-hydrogen) atoms. The number of ether oxygens (including phenoxy) is 1. The molecule has 1 aromatic heterocycles. The lowest BCUT2D eigenvalue weighted by atomic mass is 10.0. The Morgan fingerprint density at radius 2 is 2.12 bits per heavy atom. The van der Waals surface area contributed by atoms with E-state index >= 15 is 0 Å². The molecule has 0 spiro atoms. The predicted molar refractivity (Wildman–Crippen MR) is 111 cm³/mol. The van der Waals surface area contributed by atoms with E-state index in [9.17, 15) is 0 Å². The van der Waals surface area contributed by atoms with Gasteiger partial charge in [0.15, 0.2) is 5.96 Å². The number of rotatable bonds is 5. The van der Waals surface area contributed by atoms with Crippen LogP contribution in [0.1, 0.15) is 25.3 Å². The topological polar surface area (TPSA) is 63.5 Å². The minimum Gasteiger partial charge on any atom is -0.373 e. The molecule has 1 atom stereocenters. The molecule has 2 aromatic rings. The summed E-state index contributed by atoms with van der Waals surface area (Å²) < 4.78 is 7.64. The Balaban J connectivity index is 0.00000225. The van der Waals surface area contributed by atoms with Crippen molar-refractivity contribution in [3.8, 4) is 5.69 Å². The van der Waals surface area contributed by atoms with Crippen LogP contribution in [0.15, 0.2) is 47.7 Å². The first-order valence-electron chi connectivity index (χ1n) is 8.36. The third-order valence-electron chi connectivity index (χ3n) is 4.32. The van der Waals surface area contributed by atoms with Crippen LogP contribution in [0.3, 0.4) is 0 Å². The summed E-state index contributed by atoms with van der Waals surface area (Å²) in [5.74, 6) is 0.794. The van der Waals surface area contributed by atoms with E-state index in [0.29, 0.717) is 0 Å². The number of aliphatic imine (C=N–C) groups is 1. The van der Waals surface area contributed by atoms with E-state index in [1.807, 2.05) is 16.9 Å². The van der Waals surface area contributed by atoms with Crippen molar-refractivity contribution >= 4 is 29.9 Å². The maximum atomic E-state index is 5.79. The molecule has 0 radical (unpaired) electrons. The Hall–Kier alpha value is -1.61. The molecule has 136 valence electrons. The number of halogens is 1. The molecule has 0 amide bonds. The highest BCUT2D eigenvalue weighted by molar-refractivity contribution is 14.0. The number of guanidine groups is 1. The van der Waals surface area contributed by atoms with E-state index in [0.717, 1.165) is 44.2 Å². The zero-order valence-corrected chi connectivity index (χ0v) is 17.1. The molecule has 1 saturated heterocycles. The number of aromatic nitrogens is 2. The summed E-state index contributed by atoms with van der Waals surface area (Å²) in [6, 6.07) is 10.2.